The Kier molecular flexibility index (Phi) is 8.96. The molecular weight excluding hydrogens is 378 g/mol. The fraction of sp³-hybridized carbons (Fsp3) is 0.688. The van der Waals surface area contributed by atoms with Gasteiger partial charge in [0.1, 0.15) is 0 Å². The van der Waals surface area contributed by atoms with Gasteiger partial charge in [-0.15, -0.1) is 11.3 Å². The maximum absolute atomic E-state index is 5.66. The van der Waals surface area contributed by atoms with Gasteiger partial charge in [0.2, 0.25) is 0 Å². The summed E-state index contributed by atoms with van der Waals surface area (Å²) in [5, 5.41) is 8.69. The predicted octanol–water partition coefficient (Wildman–Crippen LogP) is 3.15. The summed E-state index contributed by atoms with van der Waals surface area (Å²) in [5.41, 5.74) is 0. The molecular formula is C16H26BrN3O2S. The first-order chi connectivity index (χ1) is 11.3. The smallest absolute Gasteiger partial charge is 0.191 e. The minimum absolute atomic E-state index is 0.312. The quantitative estimate of drug-likeness (QED) is 0.377. The number of nitrogens with one attached hydrogen (secondary N) is 2. The van der Waals surface area contributed by atoms with E-state index in [0.29, 0.717) is 12.6 Å². The molecule has 1 aromatic heterocycles. The van der Waals surface area contributed by atoms with Crippen LogP contribution in [0.25, 0.3) is 0 Å². The van der Waals surface area contributed by atoms with Crippen LogP contribution in [0.3, 0.4) is 0 Å². The lowest BCUT2D eigenvalue weighted by molar-refractivity contribution is 0.0168. The molecule has 1 unspecified atom stereocenters. The van der Waals surface area contributed by atoms with E-state index >= 15 is 0 Å². The maximum Gasteiger partial charge on any atom is 0.191 e. The van der Waals surface area contributed by atoms with Crippen LogP contribution in [0.2, 0.25) is 0 Å². The number of ether oxygens (including phenoxy) is 2. The maximum atomic E-state index is 5.66. The lowest BCUT2D eigenvalue weighted by Crippen LogP contribution is -2.38. The fourth-order valence-corrected chi connectivity index (χ4v) is 3.68. The number of guanidine groups is 1. The second-order valence-corrected chi connectivity index (χ2v) is 7.33. The number of thiophene rings is 1. The minimum atomic E-state index is 0.312. The largest absolute Gasteiger partial charge is 0.379 e. The summed E-state index contributed by atoms with van der Waals surface area (Å²) in [7, 11) is 0. The molecule has 130 valence electrons. The van der Waals surface area contributed by atoms with Gasteiger partial charge in [-0.2, -0.15) is 0 Å². The summed E-state index contributed by atoms with van der Waals surface area (Å²) in [6.07, 6.45) is 3.57. The van der Waals surface area contributed by atoms with E-state index in [9.17, 15) is 0 Å². The first-order valence-electron chi connectivity index (χ1n) is 8.22. The molecule has 0 amide bonds. The lowest BCUT2D eigenvalue weighted by Gasteiger charge is -2.12. The summed E-state index contributed by atoms with van der Waals surface area (Å²) in [4.78, 5) is 5.85. The summed E-state index contributed by atoms with van der Waals surface area (Å²) >= 11 is 5.18. The molecule has 2 N–H and O–H groups in total. The van der Waals surface area contributed by atoms with Crippen molar-refractivity contribution in [3.63, 3.8) is 0 Å². The third-order valence-electron chi connectivity index (χ3n) is 3.44. The van der Waals surface area contributed by atoms with E-state index < -0.39 is 0 Å². The average molecular weight is 404 g/mol. The SMILES string of the molecule is CCNC(=NCc1cc(Br)cs1)NCCCOCC1CCCO1. The molecule has 1 fully saturated rings. The Morgan fingerprint density at radius 1 is 1.52 bits per heavy atom. The number of nitrogens with zero attached hydrogens (tertiary/aromatic N) is 1. The molecule has 1 saturated heterocycles. The van der Waals surface area contributed by atoms with E-state index in [1.54, 1.807) is 11.3 Å². The molecule has 0 aliphatic carbocycles. The van der Waals surface area contributed by atoms with Crippen LogP contribution in [-0.4, -0.2) is 45.0 Å². The highest BCUT2D eigenvalue weighted by molar-refractivity contribution is 9.10. The van der Waals surface area contributed by atoms with E-state index in [2.05, 4.69) is 49.9 Å². The molecule has 2 rings (SSSR count). The number of hydrogen-bond acceptors (Lipinski definition) is 4. The Hall–Kier alpha value is -0.630. The van der Waals surface area contributed by atoms with Crippen molar-refractivity contribution in [2.45, 2.75) is 38.8 Å². The van der Waals surface area contributed by atoms with Gasteiger partial charge in [0.25, 0.3) is 0 Å². The zero-order chi connectivity index (χ0) is 16.3. The molecule has 1 atom stereocenters. The Bertz CT molecular complexity index is 476. The molecule has 0 radical (unpaired) electrons. The standard InChI is InChI=1S/C16H26BrN3O2S/c1-2-18-16(20-10-15-9-13(17)12-23-15)19-6-4-7-21-11-14-5-3-8-22-14/h9,12,14H,2-8,10-11H2,1H3,(H2,18,19,20). The van der Waals surface area contributed by atoms with Crippen molar-refractivity contribution in [1.29, 1.82) is 0 Å². The predicted molar refractivity (Wildman–Crippen MR) is 99.2 cm³/mol. The van der Waals surface area contributed by atoms with E-state index in [1.165, 1.54) is 11.3 Å². The van der Waals surface area contributed by atoms with Gasteiger partial charge in [-0.05, 0) is 48.2 Å². The van der Waals surface area contributed by atoms with Gasteiger partial charge in [-0.25, -0.2) is 4.99 Å². The molecule has 0 bridgehead atoms. The van der Waals surface area contributed by atoms with E-state index in [0.717, 1.165) is 56.2 Å². The van der Waals surface area contributed by atoms with Crippen molar-refractivity contribution in [3.05, 3.63) is 20.8 Å². The second kappa shape index (κ2) is 11.0. The molecule has 7 heteroatoms. The molecule has 0 spiro atoms. The molecule has 1 aliphatic heterocycles. The number of halogens is 1. The van der Waals surface area contributed by atoms with Crippen molar-refractivity contribution >= 4 is 33.2 Å². The Morgan fingerprint density at radius 3 is 3.13 bits per heavy atom. The van der Waals surface area contributed by atoms with Crippen molar-refractivity contribution < 1.29 is 9.47 Å². The van der Waals surface area contributed by atoms with Crippen LogP contribution in [0.1, 0.15) is 31.1 Å². The van der Waals surface area contributed by atoms with Gasteiger partial charge >= 0.3 is 0 Å². The first kappa shape index (κ1) is 18.7. The highest BCUT2D eigenvalue weighted by atomic mass is 79.9. The van der Waals surface area contributed by atoms with Gasteiger partial charge in [-0.3, -0.25) is 0 Å². The molecule has 0 saturated carbocycles. The average Bonchev–Trinajstić information content (AvgIpc) is 3.19. The van der Waals surface area contributed by atoms with Crippen LogP contribution in [0.5, 0.6) is 0 Å². The zero-order valence-electron chi connectivity index (χ0n) is 13.6. The van der Waals surface area contributed by atoms with E-state index in [1.807, 2.05) is 0 Å². The van der Waals surface area contributed by atoms with Crippen LogP contribution >= 0.6 is 27.3 Å². The van der Waals surface area contributed by atoms with Crippen LogP contribution < -0.4 is 10.6 Å². The number of rotatable bonds is 9. The van der Waals surface area contributed by atoms with Gasteiger partial charge in [0.05, 0.1) is 19.3 Å². The van der Waals surface area contributed by atoms with Gasteiger partial charge in [-0.1, -0.05) is 0 Å². The molecule has 1 aromatic rings. The van der Waals surface area contributed by atoms with Crippen molar-refractivity contribution in [2.75, 3.05) is 32.9 Å². The topological polar surface area (TPSA) is 54.9 Å². The molecule has 0 aromatic carbocycles. The van der Waals surface area contributed by atoms with Crippen molar-refractivity contribution in [1.82, 2.24) is 10.6 Å². The third-order valence-corrected chi connectivity index (χ3v) is 5.13. The summed E-state index contributed by atoms with van der Waals surface area (Å²) < 4.78 is 12.3. The number of hydrogen-bond donors (Lipinski definition) is 2. The highest BCUT2D eigenvalue weighted by Crippen LogP contribution is 2.20. The Labute approximate surface area is 151 Å². The molecule has 5 nitrogen and oxygen atoms in total. The second-order valence-electron chi connectivity index (χ2n) is 5.42. The zero-order valence-corrected chi connectivity index (χ0v) is 16.0. The van der Waals surface area contributed by atoms with Gasteiger partial charge in [0.15, 0.2) is 5.96 Å². The highest BCUT2D eigenvalue weighted by Gasteiger charge is 2.14. The van der Waals surface area contributed by atoms with Crippen LogP contribution in [-0.2, 0) is 16.0 Å². The molecule has 23 heavy (non-hydrogen) atoms. The molecule has 2 heterocycles. The van der Waals surface area contributed by atoms with Crippen molar-refractivity contribution in [2.24, 2.45) is 4.99 Å². The van der Waals surface area contributed by atoms with Gasteiger partial charge < -0.3 is 20.1 Å². The lowest BCUT2D eigenvalue weighted by atomic mass is 10.2. The minimum Gasteiger partial charge on any atom is -0.379 e. The fourth-order valence-electron chi connectivity index (χ4n) is 2.31. The monoisotopic (exact) mass is 403 g/mol. The Balaban J connectivity index is 1.59. The summed E-state index contributed by atoms with van der Waals surface area (Å²) in [5.74, 6) is 0.858. The summed E-state index contributed by atoms with van der Waals surface area (Å²) in [6, 6.07) is 2.11. The van der Waals surface area contributed by atoms with Crippen LogP contribution in [0.15, 0.2) is 20.9 Å². The van der Waals surface area contributed by atoms with E-state index in [4.69, 9.17) is 9.47 Å². The van der Waals surface area contributed by atoms with Crippen molar-refractivity contribution in [3.8, 4) is 0 Å². The van der Waals surface area contributed by atoms with Crippen LogP contribution in [0, 0.1) is 0 Å². The summed E-state index contributed by atoms with van der Waals surface area (Å²) in [6.45, 7) is 6.84. The third kappa shape index (κ3) is 7.65. The van der Waals surface area contributed by atoms with E-state index in [-0.39, 0.29) is 0 Å². The Morgan fingerprint density at radius 2 is 2.43 bits per heavy atom. The van der Waals surface area contributed by atoms with Crippen LogP contribution in [0.4, 0.5) is 0 Å². The number of aliphatic imine (C=N–C) groups is 1. The molecule has 1 aliphatic rings. The van der Waals surface area contributed by atoms with Gasteiger partial charge in [0, 0.05) is 41.0 Å². The normalized spacial score (nSPS) is 18.3. The first-order valence-corrected chi connectivity index (χ1v) is 9.89.